The molecule has 2 saturated heterocycles. The molecule has 4 rings (SSSR count). The van der Waals surface area contributed by atoms with E-state index >= 15 is 0 Å². The van der Waals surface area contributed by atoms with Crippen molar-refractivity contribution < 1.29 is 23.5 Å². The summed E-state index contributed by atoms with van der Waals surface area (Å²) in [6, 6.07) is 9.28. The van der Waals surface area contributed by atoms with Gasteiger partial charge >= 0.3 is 0 Å². The molecule has 37 heavy (non-hydrogen) atoms. The normalized spacial score (nSPS) is 19.7. The standard InChI is InChI=1S/C27H30ClFN4O4/c1-17(34)30-25-11-24(28)26(37-3)10-20(25)6-9-27(36)33-22-13-31(12-19-4-7-21(29)8-5-19)14-23(33)16-32(15-22)18(2)35/h4-11,22-23H,12-16H2,1-3H3,(H,30,34). The summed E-state index contributed by atoms with van der Waals surface area (Å²) in [7, 11) is 1.49. The van der Waals surface area contributed by atoms with Crippen molar-refractivity contribution in [1.29, 1.82) is 0 Å². The molecule has 2 bridgehead atoms. The summed E-state index contributed by atoms with van der Waals surface area (Å²) >= 11 is 6.22. The third-order valence-corrected chi connectivity index (χ3v) is 6.94. The van der Waals surface area contributed by atoms with Crippen LogP contribution in [-0.4, -0.2) is 77.8 Å². The van der Waals surface area contributed by atoms with Gasteiger partial charge in [-0.05, 0) is 35.9 Å². The van der Waals surface area contributed by atoms with E-state index in [1.54, 1.807) is 42.2 Å². The van der Waals surface area contributed by atoms with Gasteiger partial charge in [0.15, 0.2) is 0 Å². The molecule has 0 aromatic heterocycles. The number of benzene rings is 2. The molecule has 2 fully saturated rings. The second-order valence-electron chi connectivity index (χ2n) is 9.39. The van der Waals surface area contributed by atoms with Crippen molar-refractivity contribution in [2.24, 2.45) is 0 Å². The highest BCUT2D eigenvalue weighted by atomic mass is 35.5. The molecular weight excluding hydrogens is 499 g/mol. The van der Waals surface area contributed by atoms with Crippen molar-refractivity contribution in [1.82, 2.24) is 14.7 Å². The minimum absolute atomic E-state index is 0.0159. The number of ether oxygens (including phenoxy) is 1. The molecule has 0 saturated carbocycles. The summed E-state index contributed by atoms with van der Waals surface area (Å²) in [5, 5.41) is 3.07. The summed E-state index contributed by atoms with van der Waals surface area (Å²) in [6.07, 6.45) is 3.11. The summed E-state index contributed by atoms with van der Waals surface area (Å²) in [4.78, 5) is 43.1. The van der Waals surface area contributed by atoms with Gasteiger partial charge in [-0.2, -0.15) is 0 Å². The van der Waals surface area contributed by atoms with Crippen molar-refractivity contribution in [3.05, 3.63) is 64.4 Å². The van der Waals surface area contributed by atoms with Crippen LogP contribution in [-0.2, 0) is 20.9 Å². The number of nitrogens with one attached hydrogen (secondary N) is 1. The number of piperazine rings is 2. The van der Waals surface area contributed by atoms with Crippen LogP contribution >= 0.6 is 11.6 Å². The Bertz CT molecular complexity index is 1200. The lowest BCUT2D eigenvalue weighted by Crippen LogP contribution is -2.69. The Morgan fingerprint density at radius 1 is 1.08 bits per heavy atom. The molecule has 0 radical (unpaired) electrons. The lowest BCUT2D eigenvalue weighted by atomic mass is 9.98. The molecule has 2 atom stereocenters. The number of methoxy groups -OCH3 is 1. The first kappa shape index (κ1) is 26.6. The summed E-state index contributed by atoms with van der Waals surface area (Å²) in [5.41, 5.74) is 2.04. The maximum absolute atomic E-state index is 13.4. The van der Waals surface area contributed by atoms with Crippen molar-refractivity contribution in [2.75, 3.05) is 38.6 Å². The van der Waals surface area contributed by atoms with E-state index in [-0.39, 0.29) is 35.6 Å². The monoisotopic (exact) mass is 528 g/mol. The van der Waals surface area contributed by atoms with E-state index in [1.165, 1.54) is 32.2 Å². The van der Waals surface area contributed by atoms with E-state index in [4.69, 9.17) is 16.3 Å². The van der Waals surface area contributed by atoms with Crippen LogP contribution in [0.25, 0.3) is 6.08 Å². The summed E-state index contributed by atoms with van der Waals surface area (Å²) in [5.74, 6) is -0.315. The van der Waals surface area contributed by atoms with E-state index in [0.717, 1.165) is 5.56 Å². The smallest absolute Gasteiger partial charge is 0.247 e. The van der Waals surface area contributed by atoms with E-state index in [1.807, 2.05) is 4.90 Å². The molecule has 2 aromatic carbocycles. The SMILES string of the molecule is COc1cc(C=CC(=O)N2C3CN(Cc4ccc(F)cc4)CC2CN(C(C)=O)C3)c(NC(C)=O)cc1Cl. The summed E-state index contributed by atoms with van der Waals surface area (Å²) in [6.45, 7) is 5.63. The molecule has 196 valence electrons. The molecule has 2 unspecified atom stereocenters. The molecule has 2 aliphatic heterocycles. The lowest BCUT2D eigenvalue weighted by molar-refractivity contribution is -0.149. The first-order chi connectivity index (χ1) is 17.6. The van der Waals surface area contributed by atoms with Gasteiger partial charge in [0.05, 0.1) is 24.2 Å². The molecule has 10 heteroatoms. The van der Waals surface area contributed by atoms with Crippen LogP contribution in [0.3, 0.4) is 0 Å². The Morgan fingerprint density at radius 3 is 2.30 bits per heavy atom. The molecule has 3 amide bonds. The predicted molar refractivity (Wildman–Crippen MR) is 140 cm³/mol. The van der Waals surface area contributed by atoms with Gasteiger partial charge < -0.3 is 19.9 Å². The van der Waals surface area contributed by atoms with Crippen LogP contribution in [0.4, 0.5) is 10.1 Å². The number of halogens is 2. The van der Waals surface area contributed by atoms with Crippen molar-refractivity contribution in [2.45, 2.75) is 32.5 Å². The largest absolute Gasteiger partial charge is 0.495 e. The van der Waals surface area contributed by atoms with Gasteiger partial charge in [-0.3, -0.25) is 19.3 Å². The number of amides is 3. The zero-order chi connectivity index (χ0) is 26.7. The highest BCUT2D eigenvalue weighted by Crippen LogP contribution is 2.32. The Balaban J connectivity index is 1.55. The average Bonchev–Trinajstić information content (AvgIpc) is 2.83. The molecular formula is C27H30ClFN4O4. The maximum Gasteiger partial charge on any atom is 0.247 e. The van der Waals surface area contributed by atoms with Crippen LogP contribution < -0.4 is 10.1 Å². The second-order valence-corrected chi connectivity index (χ2v) is 9.79. The van der Waals surface area contributed by atoms with E-state index in [0.29, 0.717) is 54.7 Å². The minimum Gasteiger partial charge on any atom is -0.495 e. The molecule has 1 N–H and O–H groups in total. The van der Waals surface area contributed by atoms with Crippen molar-refractivity contribution >= 4 is 41.1 Å². The van der Waals surface area contributed by atoms with Crippen LogP contribution in [0.2, 0.25) is 5.02 Å². The van der Waals surface area contributed by atoms with Crippen LogP contribution in [0.15, 0.2) is 42.5 Å². The Labute approximate surface area is 220 Å². The maximum atomic E-state index is 13.4. The third-order valence-electron chi connectivity index (χ3n) is 6.65. The second kappa shape index (κ2) is 11.3. The number of anilines is 1. The van der Waals surface area contributed by atoms with Crippen molar-refractivity contribution in [3.63, 3.8) is 0 Å². The van der Waals surface area contributed by atoms with Gasteiger partial charge in [-0.15, -0.1) is 0 Å². The number of hydrogen-bond acceptors (Lipinski definition) is 5. The minimum atomic E-state index is -0.278. The first-order valence-electron chi connectivity index (χ1n) is 12.0. The Morgan fingerprint density at radius 2 is 1.73 bits per heavy atom. The van der Waals surface area contributed by atoms with Crippen LogP contribution in [0.5, 0.6) is 5.75 Å². The summed E-state index contributed by atoms with van der Waals surface area (Å²) < 4.78 is 18.6. The number of fused-ring (bicyclic) bond motifs is 2. The van der Waals surface area contributed by atoms with Crippen LogP contribution in [0, 0.1) is 5.82 Å². The van der Waals surface area contributed by atoms with Gasteiger partial charge in [0.25, 0.3) is 0 Å². The Hall–Kier alpha value is -3.43. The van der Waals surface area contributed by atoms with E-state index in [9.17, 15) is 18.8 Å². The van der Waals surface area contributed by atoms with Gasteiger partial charge in [0.1, 0.15) is 11.6 Å². The Kier molecular flexibility index (Phi) is 8.14. The number of hydrogen-bond donors (Lipinski definition) is 1. The molecule has 0 aliphatic carbocycles. The van der Waals surface area contributed by atoms with Gasteiger partial charge in [0, 0.05) is 63.9 Å². The van der Waals surface area contributed by atoms with E-state index in [2.05, 4.69) is 10.2 Å². The molecule has 8 nitrogen and oxygen atoms in total. The lowest BCUT2D eigenvalue weighted by Gasteiger charge is -2.52. The number of carbonyl (C=O) groups excluding carboxylic acids is 3. The fourth-order valence-corrected chi connectivity index (χ4v) is 5.26. The van der Waals surface area contributed by atoms with Gasteiger partial charge in [-0.1, -0.05) is 23.7 Å². The number of rotatable bonds is 6. The van der Waals surface area contributed by atoms with Gasteiger partial charge in [0.2, 0.25) is 17.7 Å². The number of carbonyl (C=O) groups is 3. The predicted octanol–water partition coefficient (Wildman–Crippen LogP) is 3.40. The fraction of sp³-hybridized carbons (Fsp3) is 0.370. The van der Waals surface area contributed by atoms with E-state index < -0.39 is 0 Å². The molecule has 2 aromatic rings. The fourth-order valence-electron chi connectivity index (χ4n) is 5.02. The molecule has 2 aliphatic rings. The van der Waals surface area contributed by atoms with Crippen molar-refractivity contribution in [3.8, 4) is 5.75 Å². The average molecular weight is 529 g/mol. The number of nitrogens with zero attached hydrogens (tertiary/aromatic N) is 3. The van der Waals surface area contributed by atoms with Gasteiger partial charge in [-0.25, -0.2) is 4.39 Å². The zero-order valence-corrected chi connectivity index (χ0v) is 21.8. The molecule has 2 heterocycles. The third kappa shape index (κ3) is 6.29. The highest BCUT2D eigenvalue weighted by molar-refractivity contribution is 6.32. The first-order valence-corrected chi connectivity index (χ1v) is 12.4. The molecule has 0 spiro atoms. The zero-order valence-electron chi connectivity index (χ0n) is 21.0. The van der Waals surface area contributed by atoms with Crippen LogP contribution in [0.1, 0.15) is 25.0 Å². The topological polar surface area (TPSA) is 82.2 Å². The quantitative estimate of drug-likeness (QED) is 0.581. The highest BCUT2D eigenvalue weighted by Gasteiger charge is 2.42.